The first kappa shape index (κ1) is 16.4. The molecule has 8 nitrogen and oxygen atoms in total. The van der Waals surface area contributed by atoms with E-state index in [-0.39, 0.29) is 17.3 Å². The highest BCUT2D eigenvalue weighted by Gasteiger charge is 2.16. The van der Waals surface area contributed by atoms with Crippen LogP contribution in [0.4, 0.5) is 0 Å². The van der Waals surface area contributed by atoms with Crippen molar-refractivity contribution < 1.29 is 12.9 Å². The summed E-state index contributed by atoms with van der Waals surface area (Å²) in [6.07, 6.45) is 1.73. The largest absolute Gasteiger partial charge is 0.338 e. The third-order valence-corrected chi connectivity index (χ3v) is 5.34. The maximum atomic E-state index is 12.2. The first-order valence-corrected chi connectivity index (χ1v) is 9.30. The third-order valence-electron chi connectivity index (χ3n) is 3.92. The molecule has 9 heteroatoms. The van der Waals surface area contributed by atoms with Crippen LogP contribution in [-0.2, 0) is 23.6 Å². The van der Waals surface area contributed by atoms with Gasteiger partial charge in [-0.15, -0.1) is 0 Å². The van der Waals surface area contributed by atoms with Gasteiger partial charge in [-0.2, -0.15) is 4.98 Å². The van der Waals surface area contributed by atoms with Gasteiger partial charge in [0.25, 0.3) is 0 Å². The van der Waals surface area contributed by atoms with Crippen LogP contribution in [0.15, 0.2) is 64.3 Å². The molecule has 0 fully saturated rings. The quantitative estimate of drug-likeness (QED) is 0.578. The summed E-state index contributed by atoms with van der Waals surface area (Å²) in [5.74, 6) is 0.562. The van der Waals surface area contributed by atoms with Crippen LogP contribution >= 0.6 is 0 Å². The summed E-state index contributed by atoms with van der Waals surface area (Å²) in [6, 6.07) is 13.8. The van der Waals surface area contributed by atoms with E-state index < -0.39 is 10.0 Å². The summed E-state index contributed by atoms with van der Waals surface area (Å²) < 4.78 is 34.0. The van der Waals surface area contributed by atoms with Crippen molar-refractivity contribution in [3.05, 3.63) is 60.7 Å². The number of sulfonamides is 1. The molecule has 0 radical (unpaired) electrons. The Kier molecular flexibility index (Phi) is 4.02. The zero-order valence-corrected chi connectivity index (χ0v) is 14.6. The molecule has 0 aliphatic carbocycles. The number of imidazole rings is 1. The van der Waals surface area contributed by atoms with Crippen LogP contribution in [0.3, 0.4) is 0 Å². The van der Waals surface area contributed by atoms with Crippen molar-refractivity contribution in [1.82, 2.24) is 24.4 Å². The minimum absolute atomic E-state index is 0.0872. The Hall–Kier alpha value is -3.04. The standard InChI is InChI=1S/C17H15N5O3S/c1-22-11-18-14-9-12(7-8-15(14)22)17-20-16(25-21-17)10-19-26(23,24)13-5-3-2-4-6-13/h2-9,11,19H,10H2,1H3. The maximum absolute atomic E-state index is 12.2. The lowest BCUT2D eigenvalue weighted by Crippen LogP contribution is -2.23. The lowest BCUT2D eigenvalue weighted by atomic mass is 10.2. The Labute approximate surface area is 149 Å². The maximum Gasteiger partial charge on any atom is 0.242 e. The lowest BCUT2D eigenvalue weighted by Gasteiger charge is -2.03. The minimum atomic E-state index is -3.63. The van der Waals surface area contributed by atoms with Gasteiger partial charge in [0.05, 0.1) is 28.8 Å². The second-order valence-electron chi connectivity index (χ2n) is 5.71. The fourth-order valence-corrected chi connectivity index (χ4v) is 3.55. The highest BCUT2D eigenvalue weighted by atomic mass is 32.2. The normalized spacial score (nSPS) is 11.9. The molecule has 2 aromatic carbocycles. The van der Waals surface area contributed by atoms with Crippen molar-refractivity contribution in [2.45, 2.75) is 11.4 Å². The van der Waals surface area contributed by atoms with Crippen LogP contribution in [-0.4, -0.2) is 28.1 Å². The predicted octanol–water partition coefficient (Wildman–Crippen LogP) is 2.10. The summed E-state index contributed by atoms with van der Waals surface area (Å²) >= 11 is 0. The molecular formula is C17H15N5O3S. The number of nitrogens with one attached hydrogen (secondary N) is 1. The number of aromatic nitrogens is 4. The molecule has 0 saturated carbocycles. The molecule has 0 amide bonds. The van der Waals surface area contributed by atoms with Crippen LogP contribution in [0.2, 0.25) is 0 Å². The summed E-state index contributed by atoms with van der Waals surface area (Å²) in [5.41, 5.74) is 2.56. The predicted molar refractivity (Wildman–Crippen MR) is 94.5 cm³/mol. The van der Waals surface area contributed by atoms with E-state index in [0.717, 1.165) is 16.6 Å². The van der Waals surface area contributed by atoms with Gasteiger partial charge in [-0.1, -0.05) is 23.4 Å². The van der Waals surface area contributed by atoms with Gasteiger partial charge in [-0.05, 0) is 30.3 Å². The lowest BCUT2D eigenvalue weighted by molar-refractivity contribution is 0.376. The average Bonchev–Trinajstić information content (AvgIpc) is 3.28. The van der Waals surface area contributed by atoms with Crippen LogP contribution < -0.4 is 4.72 Å². The zero-order chi connectivity index (χ0) is 18.1. The van der Waals surface area contributed by atoms with Gasteiger partial charge in [0.15, 0.2) is 0 Å². The Morgan fingerprint density at radius 2 is 1.96 bits per heavy atom. The molecule has 0 unspecified atom stereocenters. The van der Waals surface area contributed by atoms with E-state index in [0.29, 0.717) is 5.82 Å². The van der Waals surface area contributed by atoms with Gasteiger partial charge in [-0.25, -0.2) is 18.1 Å². The molecule has 4 aromatic rings. The monoisotopic (exact) mass is 369 g/mol. The van der Waals surface area contributed by atoms with E-state index in [1.165, 1.54) is 12.1 Å². The fraction of sp³-hybridized carbons (Fsp3) is 0.118. The number of rotatable bonds is 5. The van der Waals surface area contributed by atoms with E-state index in [4.69, 9.17) is 4.52 Å². The summed E-state index contributed by atoms with van der Waals surface area (Å²) in [5, 5.41) is 3.92. The van der Waals surface area contributed by atoms with Crippen LogP contribution in [0.5, 0.6) is 0 Å². The molecule has 0 aliphatic heterocycles. The third kappa shape index (κ3) is 3.09. The molecule has 0 saturated heterocycles. The Bertz CT molecular complexity index is 1170. The molecule has 1 N–H and O–H groups in total. The molecule has 132 valence electrons. The van der Waals surface area contributed by atoms with Gasteiger partial charge in [-0.3, -0.25) is 0 Å². The molecule has 4 rings (SSSR count). The SMILES string of the molecule is Cn1cnc2cc(-c3noc(CNS(=O)(=O)c4ccccc4)n3)ccc21. The number of aryl methyl sites for hydroxylation is 1. The number of nitrogens with zero attached hydrogens (tertiary/aromatic N) is 4. The molecule has 0 aliphatic rings. The van der Waals surface area contributed by atoms with E-state index in [2.05, 4.69) is 19.8 Å². The number of fused-ring (bicyclic) bond motifs is 1. The summed E-state index contributed by atoms with van der Waals surface area (Å²) in [7, 11) is -1.71. The van der Waals surface area contributed by atoms with Crippen molar-refractivity contribution in [2.24, 2.45) is 7.05 Å². The van der Waals surface area contributed by atoms with Gasteiger partial charge in [0, 0.05) is 12.6 Å². The van der Waals surface area contributed by atoms with Crippen LogP contribution in [0, 0.1) is 0 Å². The van der Waals surface area contributed by atoms with Crippen LogP contribution in [0.1, 0.15) is 5.89 Å². The Balaban J connectivity index is 1.52. The van der Waals surface area contributed by atoms with E-state index in [9.17, 15) is 8.42 Å². The first-order valence-electron chi connectivity index (χ1n) is 7.82. The zero-order valence-electron chi connectivity index (χ0n) is 13.8. The molecule has 0 spiro atoms. The van der Waals surface area contributed by atoms with Gasteiger partial charge in [0.1, 0.15) is 0 Å². The smallest absolute Gasteiger partial charge is 0.242 e. The van der Waals surface area contributed by atoms with E-state index in [1.54, 1.807) is 24.5 Å². The van der Waals surface area contributed by atoms with Gasteiger partial charge in [0.2, 0.25) is 21.7 Å². The number of hydrogen-bond donors (Lipinski definition) is 1. The van der Waals surface area contributed by atoms with E-state index >= 15 is 0 Å². The van der Waals surface area contributed by atoms with Crippen molar-refractivity contribution in [2.75, 3.05) is 0 Å². The molecular weight excluding hydrogens is 354 g/mol. The summed E-state index contributed by atoms with van der Waals surface area (Å²) in [6.45, 7) is -0.0872. The Morgan fingerprint density at radius 3 is 2.77 bits per heavy atom. The van der Waals surface area contributed by atoms with Gasteiger partial charge < -0.3 is 9.09 Å². The highest BCUT2D eigenvalue weighted by Crippen LogP contribution is 2.21. The van der Waals surface area contributed by atoms with Crippen molar-refractivity contribution in [3.63, 3.8) is 0 Å². The van der Waals surface area contributed by atoms with Crippen LogP contribution in [0.25, 0.3) is 22.4 Å². The molecule has 26 heavy (non-hydrogen) atoms. The van der Waals surface area contributed by atoms with Gasteiger partial charge >= 0.3 is 0 Å². The number of benzene rings is 2. The second-order valence-corrected chi connectivity index (χ2v) is 7.48. The second kappa shape index (κ2) is 6.36. The average molecular weight is 369 g/mol. The van der Waals surface area contributed by atoms with Crippen molar-refractivity contribution >= 4 is 21.1 Å². The Morgan fingerprint density at radius 1 is 1.15 bits per heavy atom. The molecule has 0 atom stereocenters. The molecule has 2 heterocycles. The fourth-order valence-electron chi connectivity index (χ4n) is 2.56. The molecule has 2 aromatic heterocycles. The number of hydrogen-bond acceptors (Lipinski definition) is 6. The highest BCUT2D eigenvalue weighted by molar-refractivity contribution is 7.89. The first-order chi connectivity index (χ1) is 12.5. The van der Waals surface area contributed by atoms with Crippen molar-refractivity contribution in [1.29, 1.82) is 0 Å². The topological polar surface area (TPSA) is 103 Å². The van der Waals surface area contributed by atoms with E-state index in [1.807, 2.05) is 29.8 Å². The van der Waals surface area contributed by atoms with Crippen molar-refractivity contribution in [3.8, 4) is 11.4 Å². The summed E-state index contributed by atoms with van der Waals surface area (Å²) in [4.78, 5) is 8.73. The minimum Gasteiger partial charge on any atom is -0.338 e. The molecule has 0 bridgehead atoms.